The molecule has 1 heterocycles. The van der Waals surface area contributed by atoms with Gasteiger partial charge in [-0.2, -0.15) is 0 Å². The number of likely N-dealkylation sites (tertiary alicyclic amines) is 1. The molecule has 0 aliphatic carbocycles. The van der Waals surface area contributed by atoms with Crippen LogP contribution in [0.4, 0.5) is 0 Å². The molecule has 28 heavy (non-hydrogen) atoms. The molecule has 0 radical (unpaired) electrons. The van der Waals surface area contributed by atoms with E-state index in [1.165, 1.54) is 0 Å². The number of nitrogens with zero attached hydrogens (tertiary/aromatic N) is 1. The van der Waals surface area contributed by atoms with Crippen LogP contribution in [0.5, 0.6) is 11.5 Å². The fourth-order valence-corrected chi connectivity index (χ4v) is 3.33. The normalized spacial score (nSPS) is 16.1. The van der Waals surface area contributed by atoms with Crippen molar-refractivity contribution in [2.24, 2.45) is 5.92 Å². The molecule has 2 amide bonds. The molecule has 0 bridgehead atoms. The van der Waals surface area contributed by atoms with Crippen LogP contribution in [0.2, 0.25) is 0 Å². The molecule has 6 nitrogen and oxygen atoms in total. The van der Waals surface area contributed by atoms with Gasteiger partial charge in [-0.3, -0.25) is 9.59 Å². The van der Waals surface area contributed by atoms with Crippen molar-refractivity contribution >= 4 is 11.8 Å². The number of hydrogen-bond acceptors (Lipinski definition) is 4. The van der Waals surface area contributed by atoms with Gasteiger partial charge >= 0.3 is 0 Å². The minimum absolute atomic E-state index is 0.0347. The van der Waals surface area contributed by atoms with Crippen LogP contribution in [-0.4, -0.2) is 44.0 Å². The number of amides is 2. The third-order valence-corrected chi connectivity index (χ3v) is 5.02. The summed E-state index contributed by atoms with van der Waals surface area (Å²) in [6.45, 7) is 1.52. The predicted octanol–water partition coefficient (Wildman–Crippen LogP) is 2.41. The Bertz CT molecular complexity index is 820. The first-order chi connectivity index (χ1) is 13.6. The van der Waals surface area contributed by atoms with Gasteiger partial charge in [0.15, 0.2) is 0 Å². The second kappa shape index (κ2) is 9.26. The van der Waals surface area contributed by atoms with Crippen molar-refractivity contribution in [1.82, 2.24) is 10.2 Å². The highest BCUT2D eigenvalue weighted by Crippen LogP contribution is 2.20. The quantitative estimate of drug-likeness (QED) is 0.761. The Labute approximate surface area is 165 Å². The van der Waals surface area contributed by atoms with Gasteiger partial charge in [0.2, 0.25) is 11.8 Å². The molecule has 1 fully saturated rings. The lowest BCUT2D eigenvalue weighted by Crippen LogP contribution is -2.33. The summed E-state index contributed by atoms with van der Waals surface area (Å²) in [5, 5.41) is 2.93. The monoisotopic (exact) mass is 382 g/mol. The molecular weight excluding hydrogens is 356 g/mol. The summed E-state index contributed by atoms with van der Waals surface area (Å²) in [6, 6.07) is 15.4. The lowest BCUT2D eigenvalue weighted by atomic mass is 10.1. The number of hydrogen-bond donors (Lipinski definition) is 1. The molecule has 148 valence electrons. The second-order valence-corrected chi connectivity index (χ2v) is 6.91. The van der Waals surface area contributed by atoms with Crippen LogP contribution in [0.15, 0.2) is 48.5 Å². The molecule has 0 aromatic heterocycles. The lowest BCUT2D eigenvalue weighted by Gasteiger charge is -2.17. The highest BCUT2D eigenvalue weighted by molar-refractivity contribution is 5.89. The van der Waals surface area contributed by atoms with Crippen molar-refractivity contribution in [2.75, 3.05) is 27.3 Å². The fourth-order valence-electron chi connectivity index (χ4n) is 3.33. The van der Waals surface area contributed by atoms with E-state index in [0.717, 1.165) is 29.0 Å². The van der Waals surface area contributed by atoms with Crippen molar-refractivity contribution in [3.8, 4) is 11.5 Å². The standard InChI is InChI=1S/C22H26N2O4/c1-27-19-8-6-17(7-9-19)14-23-22(26)18-13-21(25)24(15-18)11-10-16-4-3-5-20(12-16)28-2/h3-9,12,18H,10-11,13-15H2,1-2H3,(H,23,26). The predicted molar refractivity (Wildman–Crippen MR) is 106 cm³/mol. The van der Waals surface area contributed by atoms with Crippen LogP contribution in [0.3, 0.4) is 0 Å². The summed E-state index contributed by atoms with van der Waals surface area (Å²) < 4.78 is 10.4. The van der Waals surface area contributed by atoms with Crippen molar-refractivity contribution in [3.63, 3.8) is 0 Å². The molecule has 1 aliphatic rings. The van der Waals surface area contributed by atoms with Gasteiger partial charge in [-0.25, -0.2) is 0 Å². The molecule has 0 saturated carbocycles. The average molecular weight is 382 g/mol. The maximum absolute atomic E-state index is 12.5. The molecule has 1 atom stereocenters. The fraction of sp³-hybridized carbons (Fsp3) is 0.364. The highest BCUT2D eigenvalue weighted by Gasteiger charge is 2.33. The van der Waals surface area contributed by atoms with E-state index in [1.807, 2.05) is 48.5 Å². The molecule has 1 N–H and O–H groups in total. The Morgan fingerprint density at radius 1 is 1.07 bits per heavy atom. The van der Waals surface area contributed by atoms with E-state index in [0.29, 0.717) is 19.6 Å². The summed E-state index contributed by atoms with van der Waals surface area (Å²) >= 11 is 0. The van der Waals surface area contributed by atoms with Gasteiger partial charge in [0.1, 0.15) is 11.5 Å². The SMILES string of the molecule is COc1ccc(CNC(=O)C2CC(=O)N(CCc3cccc(OC)c3)C2)cc1. The molecule has 6 heteroatoms. The zero-order chi connectivity index (χ0) is 19.9. The summed E-state index contributed by atoms with van der Waals surface area (Å²) in [7, 11) is 3.26. The van der Waals surface area contributed by atoms with Crippen LogP contribution < -0.4 is 14.8 Å². The third-order valence-electron chi connectivity index (χ3n) is 5.02. The van der Waals surface area contributed by atoms with E-state index in [2.05, 4.69) is 5.32 Å². The molecular formula is C22H26N2O4. The number of benzene rings is 2. The zero-order valence-corrected chi connectivity index (χ0v) is 16.3. The number of nitrogens with one attached hydrogen (secondary N) is 1. The molecule has 1 aliphatic heterocycles. The first-order valence-electron chi connectivity index (χ1n) is 9.40. The summed E-state index contributed by atoms with van der Waals surface area (Å²) in [4.78, 5) is 26.5. The largest absolute Gasteiger partial charge is 0.497 e. The van der Waals surface area contributed by atoms with E-state index >= 15 is 0 Å². The second-order valence-electron chi connectivity index (χ2n) is 6.91. The van der Waals surface area contributed by atoms with Crippen molar-refractivity contribution in [1.29, 1.82) is 0 Å². The summed E-state index contributed by atoms with van der Waals surface area (Å²) in [5.41, 5.74) is 2.10. The summed E-state index contributed by atoms with van der Waals surface area (Å²) in [5.74, 6) is 1.25. The van der Waals surface area contributed by atoms with E-state index < -0.39 is 0 Å². The number of ether oxygens (including phenoxy) is 2. The minimum atomic E-state index is -0.295. The van der Waals surface area contributed by atoms with Gasteiger partial charge in [-0.1, -0.05) is 24.3 Å². The smallest absolute Gasteiger partial charge is 0.225 e. The topological polar surface area (TPSA) is 67.9 Å². The van der Waals surface area contributed by atoms with Crippen LogP contribution in [-0.2, 0) is 22.6 Å². The third kappa shape index (κ3) is 5.03. The Morgan fingerprint density at radius 2 is 1.82 bits per heavy atom. The van der Waals surface area contributed by atoms with Gasteiger partial charge in [-0.15, -0.1) is 0 Å². The van der Waals surface area contributed by atoms with E-state index in [1.54, 1.807) is 19.1 Å². The van der Waals surface area contributed by atoms with Gasteiger partial charge < -0.3 is 19.7 Å². The number of carbonyl (C=O) groups excluding carboxylic acids is 2. The van der Waals surface area contributed by atoms with Crippen molar-refractivity contribution < 1.29 is 19.1 Å². The Morgan fingerprint density at radius 3 is 2.54 bits per heavy atom. The molecule has 0 spiro atoms. The first-order valence-corrected chi connectivity index (χ1v) is 9.40. The highest BCUT2D eigenvalue weighted by atomic mass is 16.5. The number of methoxy groups -OCH3 is 2. The van der Waals surface area contributed by atoms with Crippen molar-refractivity contribution in [2.45, 2.75) is 19.4 Å². The summed E-state index contributed by atoms with van der Waals surface area (Å²) in [6.07, 6.45) is 1.01. The van der Waals surface area contributed by atoms with Gasteiger partial charge in [0, 0.05) is 26.1 Å². The van der Waals surface area contributed by atoms with E-state index in [4.69, 9.17) is 9.47 Å². The molecule has 1 saturated heterocycles. The van der Waals surface area contributed by atoms with Crippen molar-refractivity contribution in [3.05, 3.63) is 59.7 Å². The van der Waals surface area contributed by atoms with Crippen LogP contribution in [0.1, 0.15) is 17.5 Å². The lowest BCUT2D eigenvalue weighted by molar-refractivity contribution is -0.129. The number of carbonyl (C=O) groups is 2. The number of rotatable bonds is 8. The maximum Gasteiger partial charge on any atom is 0.225 e. The van der Waals surface area contributed by atoms with E-state index in [-0.39, 0.29) is 24.2 Å². The maximum atomic E-state index is 12.5. The minimum Gasteiger partial charge on any atom is -0.497 e. The first kappa shape index (κ1) is 19.7. The molecule has 2 aromatic rings. The average Bonchev–Trinajstić information content (AvgIpc) is 3.11. The van der Waals surface area contributed by atoms with Crippen LogP contribution in [0, 0.1) is 5.92 Å². The zero-order valence-electron chi connectivity index (χ0n) is 16.3. The Balaban J connectivity index is 1.48. The van der Waals surface area contributed by atoms with Gasteiger partial charge in [-0.05, 0) is 41.8 Å². The molecule has 2 aromatic carbocycles. The Kier molecular flexibility index (Phi) is 6.53. The molecule has 1 unspecified atom stereocenters. The van der Waals surface area contributed by atoms with Crippen LogP contribution in [0.25, 0.3) is 0 Å². The van der Waals surface area contributed by atoms with Gasteiger partial charge in [0.25, 0.3) is 0 Å². The molecule has 3 rings (SSSR count). The van der Waals surface area contributed by atoms with Gasteiger partial charge in [0.05, 0.1) is 20.1 Å². The van der Waals surface area contributed by atoms with E-state index in [9.17, 15) is 9.59 Å². The Hall–Kier alpha value is -3.02. The van der Waals surface area contributed by atoms with Crippen LogP contribution >= 0.6 is 0 Å².